The van der Waals surface area contributed by atoms with Crippen molar-refractivity contribution in [1.82, 2.24) is 0 Å². The first kappa shape index (κ1) is 13.7. The molecule has 0 aromatic heterocycles. The molecule has 0 aliphatic carbocycles. The van der Waals surface area contributed by atoms with Crippen molar-refractivity contribution in [2.75, 3.05) is 18.0 Å². The van der Waals surface area contributed by atoms with Gasteiger partial charge in [0.1, 0.15) is 0 Å². The number of benzene rings is 1. The van der Waals surface area contributed by atoms with Crippen molar-refractivity contribution in [3.63, 3.8) is 0 Å². The van der Waals surface area contributed by atoms with Crippen molar-refractivity contribution in [1.29, 1.82) is 0 Å². The molecule has 1 fully saturated rings. The summed E-state index contributed by atoms with van der Waals surface area (Å²) in [6.45, 7) is 3.17. The molecule has 1 atom stereocenters. The number of halogens is 1. The lowest BCUT2D eigenvalue weighted by Gasteiger charge is -2.34. The number of hydrogen-bond acceptors (Lipinski definition) is 4. The number of nitrogens with zero attached hydrogens (tertiary/aromatic N) is 2. The van der Waals surface area contributed by atoms with E-state index in [9.17, 15) is 14.5 Å². The molecule has 6 heteroatoms. The van der Waals surface area contributed by atoms with Gasteiger partial charge in [0.05, 0.1) is 4.92 Å². The van der Waals surface area contributed by atoms with Gasteiger partial charge < -0.3 is 10.6 Å². The van der Waals surface area contributed by atoms with Gasteiger partial charge in [-0.1, -0.05) is 6.07 Å². The van der Waals surface area contributed by atoms with Gasteiger partial charge in [-0.3, -0.25) is 10.1 Å². The van der Waals surface area contributed by atoms with Crippen LogP contribution in [0.15, 0.2) is 18.2 Å². The summed E-state index contributed by atoms with van der Waals surface area (Å²) in [5, 5.41) is 11.0. The Hall–Kier alpha value is -1.69. The van der Waals surface area contributed by atoms with Crippen molar-refractivity contribution in [3.8, 4) is 0 Å². The molecule has 5 nitrogen and oxygen atoms in total. The molecule has 1 aliphatic rings. The maximum atomic E-state index is 13.9. The van der Waals surface area contributed by atoms with Gasteiger partial charge in [-0.2, -0.15) is 0 Å². The Morgan fingerprint density at radius 2 is 2.11 bits per heavy atom. The van der Waals surface area contributed by atoms with E-state index in [0.717, 1.165) is 12.8 Å². The van der Waals surface area contributed by atoms with Crippen LogP contribution in [0.3, 0.4) is 0 Å². The van der Waals surface area contributed by atoms with Crippen LogP contribution in [0, 0.1) is 21.8 Å². The smallest absolute Gasteiger partial charge is 0.295 e. The molecule has 0 bridgehead atoms. The van der Waals surface area contributed by atoms with E-state index in [1.54, 1.807) is 4.90 Å². The van der Waals surface area contributed by atoms with Gasteiger partial charge in [0.2, 0.25) is 0 Å². The summed E-state index contributed by atoms with van der Waals surface area (Å²) in [6, 6.07) is 4.08. The highest BCUT2D eigenvalue weighted by Crippen LogP contribution is 2.34. The molecular weight excluding hydrogens is 249 g/mol. The van der Waals surface area contributed by atoms with Gasteiger partial charge in [0.15, 0.2) is 11.5 Å². The first-order valence-corrected chi connectivity index (χ1v) is 6.44. The predicted octanol–water partition coefficient (Wildman–Crippen LogP) is 2.30. The number of rotatable bonds is 3. The number of hydrogen-bond donors (Lipinski definition) is 1. The standard InChI is InChI=1S/C13H18FN3O2/c1-9(15)10-5-7-16(8-6-10)13-11(14)3-2-4-12(13)17(18)19/h2-4,9-10H,5-8,15H2,1H3. The Labute approximate surface area is 111 Å². The van der Waals surface area contributed by atoms with E-state index >= 15 is 0 Å². The zero-order valence-corrected chi connectivity index (χ0v) is 10.9. The second-order valence-electron chi connectivity index (χ2n) is 5.05. The van der Waals surface area contributed by atoms with Crippen LogP contribution in [0.2, 0.25) is 0 Å². The molecule has 2 N–H and O–H groups in total. The number of piperidine rings is 1. The monoisotopic (exact) mass is 267 g/mol. The van der Waals surface area contributed by atoms with Crippen molar-refractivity contribution in [2.45, 2.75) is 25.8 Å². The Morgan fingerprint density at radius 3 is 2.63 bits per heavy atom. The van der Waals surface area contributed by atoms with E-state index in [1.807, 2.05) is 6.92 Å². The summed E-state index contributed by atoms with van der Waals surface area (Å²) >= 11 is 0. The summed E-state index contributed by atoms with van der Waals surface area (Å²) in [5.41, 5.74) is 5.80. The second-order valence-corrected chi connectivity index (χ2v) is 5.05. The SMILES string of the molecule is CC(N)C1CCN(c2c(F)cccc2[N+](=O)[O-])CC1. The normalized spacial score (nSPS) is 18.4. The minimum atomic E-state index is -0.534. The summed E-state index contributed by atoms with van der Waals surface area (Å²) in [4.78, 5) is 12.2. The predicted molar refractivity (Wildman–Crippen MR) is 71.6 cm³/mol. The molecule has 1 saturated heterocycles. The molecule has 0 spiro atoms. The van der Waals surface area contributed by atoms with Crippen molar-refractivity contribution in [2.24, 2.45) is 11.7 Å². The highest BCUT2D eigenvalue weighted by molar-refractivity contribution is 5.64. The van der Waals surface area contributed by atoms with Gasteiger partial charge in [0, 0.05) is 25.2 Å². The molecule has 0 radical (unpaired) electrons. The van der Waals surface area contributed by atoms with Gasteiger partial charge >= 0.3 is 0 Å². The average molecular weight is 267 g/mol. The van der Waals surface area contributed by atoms with E-state index in [1.165, 1.54) is 18.2 Å². The van der Waals surface area contributed by atoms with Crippen molar-refractivity contribution in [3.05, 3.63) is 34.1 Å². The number of para-hydroxylation sites is 1. The highest BCUT2D eigenvalue weighted by atomic mass is 19.1. The van der Waals surface area contributed by atoms with E-state index in [2.05, 4.69) is 0 Å². The summed E-state index contributed by atoms with van der Waals surface area (Å²) < 4.78 is 13.9. The van der Waals surface area contributed by atoms with E-state index in [-0.39, 0.29) is 17.4 Å². The fourth-order valence-electron chi connectivity index (χ4n) is 2.61. The highest BCUT2D eigenvalue weighted by Gasteiger charge is 2.28. The van der Waals surface area contributed by atoms with Crippen LogP contribution in [-0.2, 0) is 0 Å². The third kappa shape index (κ3) is 2.84. The van der Waals surface area contributed by atoms with E-state index in [0.29, 0.717) is 19.0 Å². The van der Waals surface area contributed by atoms with Crippen LogP contribution < -0.4 is 10.6 Å². The third-order valence-electron chi connectivity index (χ3n) is 3.76. The maximum absolute atomic E-state index is 13.9. The van der Waals surface area contributed by atoms with Gasteiger partial charge in [-0.15, -0.1) is 0 Å². The van der Waals surface area contributed by atoms with Gasteiger partial charge in [-0.25, -0.2) is 4.39 Å². The largest absolute Gasteiger partial charge is 0.364 e. The average Bonchev–Trinajstić information content (AvgIpc) is 2.38. The Balaban J connectivity index is 2.22. The summed E-state index contributed by atoms with van der Waals surface area (Å²) in [6.07, 6.45) is 1.67. The molecule has 1 aliphatic heterocycles. The van der Waals surface area contributed by atoms with E-state index < -0.39 is 10.7 Å². The number of nitrogens with two attached hydrogens (primary N) is 1. The van der Waals surface area contributed by atoms with Crippen molar-refractivity contribution >= 4 is 11.4 Å². The van der Waals surface area contributed by atoms with Crippen LogP contribution in [0.4, 0.5) is 15.8 Å². The van der Waals surface area contributed by atoms with E-state index in [4.69, 9.17) is 5.73 Å². The topological polar surface area (TPSA) is 72.4 Å². The molecule has 1 heterocycles. The van der Waals surface area contributed by atoms with Crippen LogP contribution in [0.5, 0.6) is 0 Å². The first-order chi connectivity index (χ1) is 9.00. The first-order valence-electron chi connectivity index (χ1n) is 6.44. The maximum Gasteiger partial charge on any atom is 0.295 e. The minimum absolute atomic E-state index is 0.107. The Kier molecular flexibility index (Phi) is 3.99. The molecule has 1 aromatic rings. The van der Waals surface area contributed by atoms with Crippen LogP contribution in [-0.4, -0.2) is 24.1 Å². The van der Waals surface area contributed by atoms with Gasteiger partial charge in [-0.05, 0) is 31.7 Å². The van der Waals surface area contributed by atoms with Gasteiger partial charge in [0.25, 0.3) is 5.69 Å². The zero-order valence-electron chi connectivity index (χ0n) is 10.9. The lowest BCUT2D eigenvalue weighted by molar-refractivity contribution is -0.384. The fraction of sp³-hybridized carbons (Fsp3) is 0.538. The molecule has 1 aromatic carbocycles. The number of anilines is 1. The quantitative estimate of drug-likeness (QED) is 0.673. The molecule has 104 valence electrons. The molecule has 1 unspecified atom stereocenters. The molecule has 19 heavy (non-hydrogen) atoms. The third-order valence-corrected chi connectivity index (χ3v) is 3.76. The number of nitro groups is 1. The lowest BCUT2D eigenvalue weighted by Crippen LogP contribution is -2.40. The molecular formula is C13H18FN3O2. The molecule has 0 saturated carbocycles. The zero-order chi connectivity index (χ0) is 14.0. The Bertz CT molecular complexity index is 471. The van der Waals surface area contributed by atoms with Crippen LogP contribution >= 0.6 is 0 Å². The minimum Gasteiger partial charge on any atom is -0.364 e. The van der Waals surface area contributed by atoms with Crippen molar-refractivity contribution < 1.29 is 9.31 Å². The lowest BCUT2D eigenvalue weighted by atomic mass is 9.90. The second kappa shape index (κ2) is 5.52. The van der Waals surface area contributed by atoms with Crippen LogP contribution in [0.1, 0.15) is 19.8 Å². The summed E-state index contributed by atoms with van der Waals surface area (Å²) in [5.74, 6) is -0.129. The van der Waals surface area contributed by atoms with Crippen LogP contribution in [0.25, 0.3) is 0 Å². The molecule has 2 rings (SSSR count). The fourth-order valence-corrected chi connectivity index (χ4v) is 2.61. The molecule has 0 amide bonds. The number of nitro benzene ring substituents is 1. The Morgan fingerprint density at radius 1 is 1.47 bits per heavy atom. The summed E-state index contributed by atoms with van der Waals surface area (Å²) in [7, 11) is 0.